The fourth-order valence-electron chi connectivity index (χ4n) is 0.864. The molecule has 2 unspecified atom stereocenters. The molecule has 1 rings (SSSR count). The lowest BCUT2D eigenvalue weighted by Gasteiger charge is -2.04. The van der Waals surface area contributed by atoms with Gasteiger partial charge < -0.3 is 5.11 Å². The van der Waals surface area contributed by atoms with Gasteiger partial charge in [-0.25, -0.2) is 13.2 Å². The first kappa shape index (κ1) is 12.1. The summed E-state index contributed by atoms with van der Waals surface area (Å²) in [6.45, 7) is 0. The summed E-state index contributed by atoms with van der Waals surface area (Å²) < 4.78 is 51.8. The average molecular weight is 241 g/mol. The van der Waals surface area contributed by atoms with Crippen molar-refractivity contribution >= 4 is 8.25 Å². The van der Waals surface area contributed by atoms with E-state index in [1.807, 2.05) is 0 Å². The smallest absolute Gasteiger partial charge is 0.361 e. The lowest BCUT2D eigenvalue weighted by atomic mass is 10.2. The van der Waals surface area contributed by atoms with E-state index in [0.717, 1.165) is 0 Å². The van der Waals surface area contributed by atoms with Crippen LogP contribution in [0.5, 0.6) is 0 Å². The summed E-state index contributed by atoms with van der Waals surface area (Å²) in [5, 5.41) is 9.01. The molecule has 4 nitrogen and oxygen atoms in total. The van der Waals surface area contributed by atoms with Crippen LogP contribution in [0.1, 0.15) is 11.9 Å². The molecule has 0 radical (unpaired) electrons. The molecule has 1 aromatic carbocycles. The summed E-state index contributed by atoms with van der Waals surface area (Å²) in [5.74, 6) is -4.75. The number of aliphatic hydroxyl groups is 1. The minimum Gasteiger partial charge on any atom is -0.361 e. The van der Waals surface area contributed by atoms with E-state index in [1.165, 1.54) is 0 Å². The summed E-state index contributed by atoms with van der Waals surface area (Å²) in [7, 11) is -3.13. The quantitative estimate of drug-likeness (QED) is 0.480. The average Bonchev–Trinajstić information content (AvgIpc) is 2.12. The zero-order valence-corrected chi connectivity index (χ0v) is 7.92. The van der Waals surface area contributed by atoms with Crippen molar-refractivity contribution in [1.82, 2.24) is 0 Å². The van der Waals surface area contributed by atoms with Gasteiger partial charge in [-0.15, -0.1) is 4.89 Å². The van der Waals surface area contributed by atoms with Crippen LogP contribution in [0.3, 0.4) is 0 Å². The monoisotopic (exact) mass is 241 g/mol. The first-order chi connectivity index (χ1) is 6.91. The highest BCUT2D eigenvalue weighted by atomic mass is 31.1. The Kier molecular flexibility index (Phi) is 3.76. The Morgan fingerprint density at radius 1 is 1.27 bits per heavy atom. The van der Waals surface area contributed by atoms with Crippen molar-refractivity contribution in [3.05, 3.63) is 35.1 Å². The fraction of sp³-hybridized carbons (Fsp3) is 0.143. The summed E-state index contributed by atoms with van der Waals surface area (Å²) in [6.07, 6.45) is -2.00. The molecule has 0 amide bonds. The molecular formula is C7H5F3O4P+. The largest absolute Gasteiger partial charge is 0.697 e. The summed E-state index contributed by atoms with van der Waals surface area (Å²) in [5.41, 5.74) is -0.496. The summed E-state index contributed by atoms with van der Waals surface area (Å²) in [6, 6.07) is 0.920. The van der Waals surface area contributed by atoms with Crippen LogP contribution in [0.2, 0.25) is 0 Å². The molecule has 1 aromatic rings. The Labute approximate surface area is 82.9 Å². The van der Waals surface area contributed by atoms with Gasteiger partial charge in [-0.2, -0.15) is 0 Å². The van der Waals surface area contributed by atoms with Gasteiger partial charge in [0.05, 0.1) is 0 Å². The third-order valence-electron chi connectivity index (χ3n) is 1.48. The van der Waals surface area contributed by atoms with Crippen LogP contribution in [-0.4, -0.2) is 10.00 Å². The number of aliphatic hydroxyl groups excluding tert-OH is 1. The molecule has 2 N–H and O–H groups in total. The van der Waals surface area contributed by atoms with Gasteiger partial charge in [-0.3, -0.25) is 0 Å². The topological polar surface area (TPSA) is 66.8 Å². The predicted octanol–water partition coefficient (Wildman–Crippen LogP) is 1.76. The Balaban J connectivity index is 3.00. The maximum Gasteiger partial charge on any atom is 0.697 e. The van der Waals surface area contributed by atoms with Gasteiger partial charge in [0.15, 0.2) is 17.5 Å². The van der Waals surface area contributed by atoms with Crippen LogP contribution in [0, 0.1) is 17.5 Å². The molecule has 0 fully saturated rings. The molecule has 0 spiro atoms. The SMILES string of the molecule is O=[P+](O)OC(O)c1cc(F)c(F)c(F)c1. The molecule has 15 heavy (non-hydrogen) atoms. The molecule has 0 saturated heterocycles. The van der Waals surface area contributed by atoms with Crippen molar-refractivity contribution in [2.45, 2.75) is 6.29 Å². The number of hydrogen-bond acceptors (Lipinski definition) is 3. The first-order valence-electron chi connectivity index (χ1n) is 3.57. The van der Waals surface area contributed by atoms with Crippen molar-refractivity contribution in [2.24, 2.45) is 0 Å². The van der Waals surface area contributed by atoms with Gasteiger partial charge >= 0.3 is 8.25 Å². The van der Waals surface area contributed by atoms with Gasteiger partial charge in [0.2, 0.25) is 6.29 Å². The molecule has 0 bridgehead atoms. The maximum absolute atomic E-state index is 12.6. The van der Waals surface area contributed by atoms with E-state index in [2.05, 4.69) is 4.52 Å². The van der Waals surface area contributed by atoms with Crippen molar-refractivity contribution < 1.29 is 32.3 Å². The van der Waals surface area contributed by atoms with Crippen LogP contribution >= 0.6 is 8.25 Å². The number of halogens is 3. The lowest BCUT2D eigenvalue weighted by molar-refractivity contribution is -0.0213. The van der Waals surface area contributed by atoms with Gasteiger partial charge in [0.25, 0.3) is 0 Å². The second-order valence-electron chi connectivity index (χ2n) is 2.49. The standard InChI is InChI=1S/C7H4F3O4P/c8-4-1-3(2-5(9)6(4)10)7(11)14-15(12)13/h1-2,7,11H/p+1. The molecule has 0 aliphatic rings. The summed E-state index contributed by atoms with van der Waals surface area (Å²) in [4.78, 5) is 8.24. The van der Waals surface area contributed by atoms with E-state index in [0.29, 0.717) is 12.1 Å². The lowest BCUT2D eigenvalue weighted by Crippen LogP contribution is -2.02. The third-order valence-corrected chi connectivity index (χ3v) is 1.86. The van der Waals surface area contributed by atoms with Crippen molar-refractivity contribution in [2.75, 3.05) is 0 Å². The first-order valence-corrected chi connectivity index (χ1v) is 4.70. The molecular weight excluding hydrogens is 236 g/mol. The zero-order chi connectivity index (χ0) is 11.6. The van der Waals surface area contributed by atoms with Gasteiger partial charge in [-0.1, -0.05) is 4.52 Å². The van der Waals surface area contributed by atoms with Gasteiger partial charge in [-0.05, 0) is 12.1 Å². The highest BCUT2D eigenvalue weighted by Crippen LogP contribution is 2.28. The van der Waals surface area contributed by atoms with Crippen LogP contribution in [0.4, 0.5) is 13.2 Å². The molecule has 0 heterocycles. The van der Waals surface area contributed by atoms with E-state index in [-0.39, 0.29) is 0 Å². The van der Waals surface area contributed by atoms with Crippen LogP contribution in [0.15, 0.2) is 12.1 Å². The van der Waals surface area contributed by atoms with Crippen LogP contribution in [0.25, 0.3) is 0 Å². The van der Waals surface area contributed by atoms with Gasteiger partial charge in [0, 0.05) is 10.1 Å². The van der Waals surface area contributed by atoms with E-state index in [9.17, 15) is 17.7 Å². The number of hydrogen-bond donors (Lipinski definition) is 2. The maximum atomic E-state index is 12.6. The predicted molar refractivity (Wildman–Crippen MR) is 42.2 cm³/mol. The van der Waals surface area contributed by atoms with E-state index < -0.39 is 37.6 Å². The zero-order valence-electron chi connectivity index (χ0n) is 7.02. The fourth-order valence-corrected chi connectivity index (χ4v) is 1.16. The molecule has 82 valence electrons. The third kappa shape index (κ3) is 2.97. The van der Waals surface area contributed by atoms with Crippen LogP contribution in [-0.2, 0) is 9.09 Å². The molecule has 8 heteroatoms. The molecule has 2 atom stereocenters. The number of benzene rings is 1. The highest BCUT2D eigenvalue weighted by Gasteiger charge is 2.24. The van der Waals surface area contributed by atoms with Crippen molar-refractivity contribution in [3.63, 3.8) is 0 Å². The van der Waals surface area contributed by atoms with Crippen molar-refractivity contribution in [1.29, 1.82) is 0 Å². The van der Waals surface area contributed by atoms with E-state index >= 15 is 0 Å². The molecule has 0 saturated carbocycles. The Morgan fingerprint density at radius 3 is 2.13 bits per heavy atom. The number of rotatable bonds is 3. The highest BCUT2D eigenvalue weighted by molar-refractivity contribution is 7.32. The Hall–Kier alpha value is -1.01. The summed E-state index contributed by atoms with van der Waals surface area (Å²) >= 11 is 0. The molecule has 0 aromatic heterocycles. The van der Waals surface area contributed by atoms with Crippen LogP contribution < -0.4 is 0 Å². The van der Waals surface area contributed by atoms with Gasteiger partial charge in [0.1, 0.15) is 0 Å². The van der Waals surface area contributed by atoms with E-state index in [4.69, 9.17) is 10.00 Å². The Morgan fingerprint density at radius 2 is 1.73 bits per heavy atom. The Bertz CT molecular complexity index is 375. The normalized spacial score (nSPS) is 13.8. The molecule has 0 aliphatic carbocycles. The second kappa shape index (κ2) is 4.67. The second-order valence-corrected chi connectivity index (χ2v) is 3.18. The van der Waals surface area contributed by atoms with E-state index in [1.54, 1.807) is 0 Å². The molecule has 0 aliphatic heterocycles. The minimum absolute atomic E-state index is 0.460. The van der Waals surface area contributed by atoms with Crippen molar-refractivity contribution in [3.8, 4) is 0 Å². The minimum atomic E-state index is -3.13.